The van der Waals surface area contributed by atoms with Crippen LogP contribution in [0.2, 0.25) is 0 Å². The maximum Gasteiger partial charge on any atom is 0.417 e. The molecule has 0 bridgehead atoms. The minimum absolute atomic E-state index is 0.0836. The first-order valence-corrected chi connectivity index (χ1v) is 12.5. The van der Waals surface area contributed by atoms with E-state index in [0.29, 0.717) is 12.8 Å². The van der Waals surface area contributed by atoms with E-state index in [9.17, 15) is 9.59 Å². The third-order valence-corrected chi connectivity index (χ3v) is 7.51. The fourth-order valence-electron chi connectivity index (χ4n) is 5.52. The third-order valence-electron chi connectivity index (χ3n) is 7.51. The number of hydrogen-bond acceptors (Lipinski definition) is 6. The van der Waals surface area contributed by atoms with Gasteiger partial charge in [0.15, 0.2) is 0 Å². The molecule has 2 aliphatic heterocycles. The van der Waals surface area contributed by atoms with Crippen LogP contribution in [0.3, 0.4) is 0 Å². The smallest absolute Gasteiger partial charge is 0.417 e. The molecule has 2 N–H and O–H groups in total. The second kappa shape index (κ2) is 11.6. The van der Waals surface area contributed by atoms with Gasteiger partial charge in [-0.15, -0.1) is 0 Å². The fraction of sp³-hybridized carbons (Fsp3) is 0.500. The van der Waals surface area contributed by atoms with Crippen molar-refractivity contribution >= 4 is 11.9 Å². The zero-order valence-corrected chi connectivity index (χ0v) is 19.9. The van der Waals surface area contributed by atoms with Crippen molar-refractivity contribution in [3.05, 3.63) is 71.8 Å². The summed E-state index contributed by atoms with van der Waals surface area (Å²) < 4.78 is 10.7. The maximum atomic E-state index is 12.3. The first kappa shape index (κ1) is 24.4. The number of rotatable bonds is 8. The molecule has 2 saturated heterocycles. The summed E-state index contributed by atoms with van der Waals surface area (Å²) in [5.41, 5.74) is 2.32. The van der Waals surface area contributed by atoms with Crippen molar-refractivity contribution in [2.45, 2.75) is 49.4 Å². The van der Waals surface area contributed by atoms with Gasteiger partial charge in [-0.05, 0) is 62.7 Å². The van der Waals surface area contributed by atoms with Crippen molar-refractivity contribution in [3.8, 4) is 0 Å². The van der Waals surface area contributed by atoms with E-state index < -0.39 is 11.9 Å². The molecular formula is C28H36N2O4. The molecule has 2 heterocycles. The van der Waals surface area contributed by atoms with Gasteiger partial charge in [-0.1, -0.05) is 60.7 Å². The largest absolute Gasteiger partial charge is 0.457 e. The molecule has 6 heteroatoms. The van der Waals surface area contributed by atoms with Gasteiger partial charge in [-0.25, -0.2) is 9.59 Å². The molecule has 2 aliphatic rings. The molecule has 0 aliphatic carbocycles. The average Bonchev–Trinajstić information content (AvgIpc) is 2.90. The first-order chi connectivity index (χ1) is 16.6. The summed E-state index contributed by atoms with van der Waals surface area (Å²) in [6, 6.07) is 20.7. The Bertz CT molecular complexity index is 842. The van der Waals surface area contributed by atoms with E-state index in [1.165, 1.54) is 11.1 Å². The molecule has 6 nitrogen and oxygen atoms in total. The number of esters is 2. The van der Waals surface area contributed by atoms with E-state index in [1.54, 1.807) is 0 Å². The van der Waals surface area contributed by atoms with Gasteiger partial charge in [0.2, 0.25) is 0 Å². The summed E-state index contributed by atoms with van der Waals surface area (Å²) in [5.74, 6) is -1.80. The molecule has 0 amide bonds. The molecular weight excluding hydrogens is 428 g/mol. The van der Waals surface area contributed by atoms with Crippen LogP contribution in [0.25, 0.3) is 0 Å². The van der Waals surface area contributed by atoms with Crippen LogP contribution in [0.1, 0.15) is 49.7 Å². The molecule has 2 atom stereocenters. The summed E-state index contributed by atoms with van der Waals surface area (Å²) in [7, 11) is 0. The van der Waals surface area contributed by atoms with E-state index in [0.717, 1.165) is 51.9 Å². The Hall–Kier alpha value is -2.70. The van der Waals surface area contributed by atoms with Crippen LogP contribution in [0, 0.1) is 0 Å². The lowest BCUT2D eigenvalue weighted by molar-refractivity contribution is -0.168. The number of nitrogens with one attached hydrogen (secondary N) is 2. The van der Waals surface area contributed by atoms with E-state index in [2.05, 4.69) is 34.9 Å². The predicted octanol–water partition coefficient (Wildman–Crippen LogP) is 3.50. The molecule has 0 saturated carbocycles. The normalized spacial score (nSPS) is 24.8. The molecule has 182 valence electrons. The van der Waals surface area contributed by atoms with Gasteiger partial charge in [0, 0.05) is 23.9 Å². The Balaban J connectivity index is 1.27. The molecule has 0 aromatic heterocycles. The minimum Gasteiger partial charge on any atom is -0.457 e. The summed E-state index contributed by atoms with van der Waals surface area (Å²) in [6.45, 7) is 4.08. The van der Waals surface area contributed by atoms with E-state index in [4.69, 9.17) is 9.47 Å². The molecule has 2 unspecified atom stereocenters. The van der Waals surface area contributed by atoms with Gasteiger partial charge >= 0.3 is 11.9 Å². The molecule has 0 radical (unpaired) electrons. The SMILES string of the molecule is O=C(OCCC1(c2ccccc2)CCCNC1)C(=O)OCCC1(c2ccccc2)CCCNC1. The summed E-state index contributed by atoms with van der Waals surface area (Å²) in [6.07, 6.45) is 5.55. The van der Waals surface area contributed by atoms with Crippen LogP contribution in [0.4, 0.5) is 0 Å². The van der Waals surface area contributed by atoms with Crippen LogP contribution < -0.4 is 10.6 Å². The second-order valence-corrected chi connectivity index (χ2v) is 9.63. The highest BCUT2D eigenvalue weighted by Gasteiger charge is 2.35. The Kier molecular flexibility index (Phi) is 8.35. The Labute approximate surface area is 202 Å². The topological polar surface area (TPSA) is 76.7 Å². The van der Waals surface area contributed by atoms with Gasteiger partial charge in [-0.2, -0.15) is 0 Å². The molecule has 4 rings (SSSR count). The second-order valence-electron chi connectivity index (χ2n) is 9.63. The van der Waals surface area contributed by atoms with Crippen molar-refractivity contribution < 1.29 is 19.1 Å². The maximum absolute atomic E-state index is 12.3. The van der Waals surface area contributed by atoms with E-state index in [-0.39, 0.29) is 24.0 Å². The van der Waals surface area contributed by atoms with Crippen LogP contribution in [-0.2, 0) is 29.9 Å². The van der Waals surface area contributed by atoms with Gasteiger partial charge in [0.25, 0.3) is 0 Å². The summed E-state index contributed by atoms with van der Waals surface area (Å²) in [5, 5.41) is 6.95. The van der Waals surface area contributed by atoms with Crippen LogP contribution >= 0.6 is 0 Å². The van der Waals surface area contributed by atoms with Crippen LogP contribution in [0.5, 0.6) is 0 Å². The van der Waals surface area contributed by atoms with Gasteiger partial charge in [0.1, 0.15) is 0 Å². The standard InChI is InChI=1S/C28H36N2O4/c31-25(33-19-15-27(13-7-17-29-21-27)23-9-3-1-4-10-23)26(32)34-20-16-28(14-8-18-30-22-28)24-11-5-2-6-12-24/h1-6,9-12,29-30H,7-8,13-22H2. The lowest BCUT2D eigenvalue weighted by atomic mass is 9.72. The summed E-state index contributed by atoms with van der Waals surface area (Å²) >= 11 is 0. The summed E-state index contributed by atoms with van der Waals surface area (Å²) in [4.78, 5) is 24.7. The molecule has 2 fully saturated rings. The lowest BCUT2D eigenvalue weighted by Crippen LogP contribution is -2.44. The van der Waals surface area contributed by atoms with Crippen molar-refractivity contribution in [2.75, 3.05) is 39.4 Å². The predicted molar refractivity (Wildman–Crippen MR) is 132 cm³/mol. The third kappa shape index (κ3) is 5.86. The number of piperidine rings is 2. The number of carbonyl (C=O) groups excluding carboxylic acids is 2. The highest BCUT2D eigenvalue weighted by molar-refractivity contribution is 6.29. The zero-order valence-electron chi connectivity index (χ0n) is 19.9. The average molecular weight is 465 g/mol. The first-order valence-electron chi connectivity index (χ1n) is 12.5. The van der Waals surface area contributed by atoms with Crippen molar-refractivity contribution in [3.63, 3.8) is 0 Å². The van der Waals surface area contributed by atoms with Gasteiger partial charge in [-0.3, -0.25) is 0 Å². The molecule has 2 aromatic carbocycles. The monoisotopic (exact) mass is 464 g/mol. The van der Waals surface area contributed by atoms with Crippen LogP contribution in [0.15, 0.2) is 60.7 Å². The van der Waals surface area contributed by atoms with Crippen molar-refractivity contribution in [1.82, 2.24) is 10.6 Å². The Morgan fingerprint density at radius 2 is 1.09 bits per heavy atom. The minimum atomic E-state index is -0.900. The van der Waals surface area contributed by atoms with Gasteiger partial charge < -0.3 is 20.1 Å². The fourth-order valence-corrected chi connectivity index (χ4v) is 5.52. The highest BCUT2D eigenvalue weighted by Crippen LogP contribution is 2.35. The highest BCUT2D eigenvalue weighted by atomic mass is 16.6. The van der Waals surface area contributed by atoms with Crippen molar-refractivity contribution in [1.29, 1.82) is 0 Å². The van der Waals surface area contributed by atoms with E-state index >= 15 is 0 Å². The quantitative estimate of drug-likeness (QED) is 0.460. The molecule has 0 spiro atoms. The van der Waals surface area contributed by atoms with Crippen LogP contribution in [-0.4, -0.2) is 51.3 Å². The number of carbonyl (C=O) groups is 2. The Morgan fingerprint density at radius 3 is 1.44 bits per heavy atom. The number of hydrogen-bond donors (Lipinski definition) is 2. The number of ether oxygens (including phenoxy) is 2. The zero-order chi connectivity index (χ0) is 23.7. The van der Waals surface area contributed by atoms with Gasteiger partial charge in [0.05, 0.1) is 13.2 Å². The van der Waals surface area contributed by atoms with E-state index in [1.807, 2.05) is 36.4 Å². The Morgan fingerprint density at radius 1 is 0.676 bits per heavy atom. The lowest BCUT2D eigenvalue weighted by Gasteiger charge is -2.38. The molecule has 2 aromatic rings. The van der Waals surface area contributed by atoms with Crippen molar-refractivity contribution in [2.24, 2.45) is 0 Å². The molecule has 34 heavy (non-hydrogen) atoms. The number of benzene rings is 2.